The molecule has 0 atom stereocenters. The van der Waals surface area contributed by atoms with E-state index in [0.29, 0.717) is 13.2 Å². The Balaban J connectivity index is 1.70. The van der Waals surface area contributed by atoms with Crippen molar-refractivity contribution in [2.24, 2.45) is 0 Å². The van der Waals surface area contributed by atoms with Gasteiger partial charge in [-0.2, -0.15) is 0 Å². The predicted molar refractivity (Wildman–Crippen MR) is 73.6 cm³/mol. The van der Waals surface area contributed by atoms with Gasteiger partial charge in [0.1, 0.15) is 0 Å². The Labute approximate surface area is 108 Å². The highest BCUT2D eigenvalue weighted by molar-refractivity contribution is 5.43. The molecule has 0 spiro atoms. The third-order valence-corrected chi connectivity index (χ3v) is 2.79. The molecule has 1 aromatic carbocycles. The Morgan fingerprint density at radius 1 is 1.06 bits per heavy atom. The Bertz CT molecular complexity index is 445. The van der Waals surface area contributed by atoms with Gasteiger partial charge in [0.2, 0.25) is 0 Å². The first-order chi connectivity index (χ1) is 8.86. The summed E-state index contributed by atoms with van der Waals surface area (Å²) in [5.74, 6) is 0. The predicted octanol–water partition coefficient (Wildman–Crippen LogP) is 2.73. The van der Waals surface area contributed by atoms with Gasteiger partial charge in [-0.05, 0) is 17.7 Å². The number of hydrogen-bond donors (Lipinski definition) is 0. The Hall–Kier alpha value is -1.87. The third kappa shape index (κ3) is 3.86. The molecule has 18 heavy (non-hydrogen) atoms. The number of nitrogens with zero attached hydrogens (tertiary/aromatic N) is 2. The quantitative estimate of drug-likeness (QED) is 0.728. The van der Waals surface area contributed by atoms with Crippen molar-refractivity contribution >= 4 is 5.69 Å². The van der Waals surface area contributed by atoms with Crippen LogP contribution in [0.25, 0.3) is 0 Å². The summed E-state index contributed by atoms with van der Waals surface area (Å²) >= 11 is 0. The lowest BCUT2D eigenvalue weighted by Gasteiger charge is -2.18. The van der Waals surface area contributed by atoms with Crippen LogP contribution in [0.15, 0.2) is 54.9 Å². The Kier molecular flexibility index (Phi) is 4.73. The number of benzene rings is 1. The second-order valence-corrected chi connectivity index (χ2v) is 4.17. The number of hydrogen-bond acceptors (Lipinski definition) is 3. The van der Waals surface area contributed by atoms with E-state index in [2.05, 4.69) is 29.1 Å². The monoisotopic (exact) mass is 242 g/mol. The molecule has 0 unspecified atom stereocenters. The molecular weight excluding hydrogens is 224 g/mol. The molecule has 0 N–H and O–H groups in total. The number of anilines is 1. The molecule has 0 aliphatic rings. The van der Waals surface area contributed by atoms with E-state index in [1.165, 1.54) is 5.56 Å². The molecule has 3 nitrogen and oxygen atoms in total. The van der Waals surface area contributed by atoms with Gasteiger partial charge < -0.3 is 9.64 Å². The van der Waals surface area contributed by atoms with Crippen LogP contribution in [-0.4, -0.2) is 25.2 Å². The fourth-order valence-electron chi connectivity index (χ4n) is 1.69. The van der Waals surface area contributed by atoms with Crippen LogP contribution in [-0.2, 0) is 11.3 Å². The van der Waals surface area contributed by atoms with Gasteiger partial charge in [-0.1, -0.05) is 30.3 Å². The minimum Gasteiger partial charge on any atom is -0.375 e. The van der Waals surface area contributed by atoms with Crippen LogP contribution in [0.4, 0.5) is 5.69 Å². The minimum atomic E-state index is 0.672. The van der Waals surface area contributed by atoms with Crippen LogP contribution < -0.4 is 4.90 Å². The summed E-state index contributed by atoms with van der Waals surface area (Å²) in [5, 5.41) is 0. The molecule has 0 saturated carbocycles. The first kappa shape index (κ1) is 12.6. The van der Waals surface area contributed by atoms with Crippen molar-refractivity contribution < 1.29 is 4.74 Å². The Morgan fingerprint density at radius 2 is 1.78 bits per heavy atom. The van der Waals surface area contributed by atoms with Crippen LogP contribution in [0, 0.1) is 0 Å². The van der Waals surface area contributed by atoms with Gasteiger partial charge in [-0.25, -0.2) is 0 Å². The van der Waals surface area contributed by atoms with E-state index in [0.717, 1.165) is 12.2 Å². The van der Waals surface area contributed by atoms with E-state index in [4.69, 9.17) is 4.74 Å². The van der Waals surface area contributed by atoms with Crippen molar-refractivity contribution in [3.8, 4) is 0 Å². The van der Waals surface area contributed by atoms with E-state index in [9.17, 15) is 0 Å². The smallest absolute Gasteiger partial charge is 0.0717 e. The van der Waals surface area contributed by atoms with Gasteiger partial charge in [0.05, 0.1) is 13.2 Å². The van der Waals surface area contributed by atoms with Crippen LogP contribution >= 0.6 is 0 Å². The van der Waals surface area contributed by atoms with E-state index in [-0.39, 0.29) is 0 Å². The first-order valence-electron chi connectivity index (χ1n) is 6.09. The fourth-order valence-corrected chi connectivity index (χ4v) is 1.69. The van der Waals surface area contributed by atoms with Crippen LogP contribution in [0.3, 0.4) is 0 Å². The number of likely N-dealkylation sites (N-methyl/N-ethyl adjacent to an activating group) is 1. The van der Waals surface area contributed by atoms with Gasteiger partial charge >= 0.3 is 0 Å². The van der Waals surface area contributed by atoms with Crippen molar-refractivity contribution in [2.45, 2.75) is 6.61 Å². The highest BCUT2D eigenvalue weighted by atomic mass is 16.5. The van der Waals surface area contributed by atoms with Crippen molar-refractivity contribution in [3.05, 3.63) is 60.4 Å². The number of rotatable bonds is 6. The molecule has 1 aromatic heterocycles. The molecule has 0 bridgehead atoms. The van der Waals surface area contributed by atoms with Crippen molar-refractivity contribution in [1.29, 1.82) is 0 Å². The zero-order chi connectivity index (χ0) is 12.6. The SMILES string of the molecule is CN(CCOCc1ccccc1)c1ccncc1. The van der Waals surface area contributed by atoms with E-state index >= 15 is 0 Å². The van der Waals surface area contributed by atoms with Gasteiger partial charge in [0, 0.05) is 31.7 Å². The zero-order valence-electron chi connectivity index (χ0n) is 10.6. The van der Waals surface area contributed by atoms with Gasteiger partial charge in [-0.15, -0.1) is 0 Å². The summed E-state index contributed by atoms with van der Waals surface area (Å²) in [6.07, 6.45) is 3.60. The van der Waals surface area contributed by atoms with Crippen LogP contribution in [0.2, 0.25) is 0 Å². The molecular formula is C15H18N2O. The largest absolute Gasteiger partial charge is 0.375 e. The maximum Gasteiger partial charge on any atom is 0.0717 e. The molecule has 0 saturated heterocycles. The van der Waals surface area contributed by atoms with Crippen molar-refractivity contribution in [3.63, 3.8) is 0 Å². The summed E-state index contributed by atoms with van der Waals surface area (Å²) in [7, 11) is 2.06. The Morgan fingerprint density at radius 3 is 2.50 bits per heavy atom. The van der Waals surface area contributed by atoms with E-state index in [1.54, 1.807) is 12.4 Å². The van der Waals surface area contributed by atoms with Crippen LogP contribution in [0.5, 0.6) is 0 Å². The summed E-state index contributed by atoms with van der Waals surface area (Å²) in [6.45, 7) is 2.26. The second kappa shape index (κ2) is 6.77. The first-order valence-corrected chi connectivity index (χ1v) is 6.09. The lowest BCUT2D eigenvalue weighted by Crippen LogP contribution is -2.22. The summed E-state index contributed by atoms with van der Waals surface area (Å²) in [5.41, 5.74) is 2.37. The number of pyridine rings is 1. The van der Waals surface area contributed by atoms with Crippen molar-refractivity contribution in [1.82, 2.24) is 4.98 Å². The van der Waals surface area contributed by atoms with E-state index < -0.39 is 0 Å². The molecule has 2 aromatic rings. The molecule has 3 heteroatoms. The third-order valence-electron chi connectivity index (χ3n) is 2.79. The number of aromatic nitrogens is 1. The van der Waals surface area contributed by atoms with E-state index in [1.807, 2.05) is 30.3 Å². The topological polar surface area (TPSA) is 25.4 Å². The maximum absolute atomic E-state index is 5.65. The summed E-state index contributed by atoms with van der Waals surface area (Å²) in [4.78, 5) is 6.17. The normalized spacial score (nSPS) is 10.3. The minimum absolute atomic E-state index is 0.672. The molecule has 94 valence electrons. The van der Waals surface area contributed by atoms with Gasteiger partial charge in [0.15, 0.2) is 0 Å². The molecule has 0 aliphatic heterocycles. The van der Waals surface area contributed by atoms with Crippen molar-refractivity contribution in [2.75, 3.05) is 25.1 Å². The second-order valence-electron chi connectivity index (χ2n) is 4.17. The molecule has 0 radical (unpaired) electrons. The maximum atomic E-state index is 5.65. The molecule has 1 heterocycles. The van der Waals surface area contributed by atoms with Gasteiger partial charge in [-0.3, -0.25) is 4.98 Å². The zero-order valence-corrected chi connectivity index (χ0v) is 10.6. The molecule has 0 fully saturated rings. The highest BCUT2D eigenvalue weighted by Gasteiger charge is 1.99. The molecule has 0 aliphatic carbocycles. The average molecular weight is 242 g/mol. The average Bonchev–Trinajstić information content (AvgIpc) is 2.45. The molecule has 2 rings (SSSR count). The summed E-state index contributed by atoms with van der Waals surface area (Å²) < 4.78 is 5.65. The molecule has 0 amide bonds. The standard InChI is InChI=1S/C15H18N2O/c1-17(15-7-9-16-10-8-15)11-12-18-13-14-5-3-2-4-6-14/h2-10H,11-13H2,1H3. The number of ether oxygens (including phenoxy) is 1. The lowest BCUT2D eigenvalue weighted by atomic mass is 10.2. The highest BCUT2D eigenvalue weighted by Crippen LogP contribution is 2.09. The summed E-state index contributed by atoms with van der Waals surface area (Å²) in [6, 6.07) is 14.2. The van der Waals surface area contributed by atoms with Gasteiger partial charge in [0.25, 0.3) is 0 Å². The fraction of sp³-hybridized carbons (Fsp3) is 0.267. The lowest BCUT2D eigenvalue weighted by molar-refractivity contribution is 0.127. The van der Waals surface area contributed by atoms with Crippen LogP contribution in [0.1, 0.15) is 5.56 Å².